The van der Waals surface area contributed by atoms with Crippen LogP contribution in [0, 0.1) is 13.8 Å². The summed E-state index contributed by atoms with van der Waals surface area (Å²) >= 11 is 0. The van der Waals surface area contributed by atoms with E-state index in [0.717, 1.165) is 12.8 Å². The number of aliphatic hydroxyl groups excluding tert-OH is 2. The first-order chi connectivity index (χ1) is 7.24. The molecule has 0 aromatic heterocycles. The van der Waals surface area contributed by atoms with Crippen LogP contribution < -0.4 is 0 Å². The van der Waals surface area contributed by atoms with Gasteiger partial charge in [0.15, 0.2) is 0 Å². The third kappa shape index (κ3) is 141. The molecule has 4 nitrogen and oxygen atoms in total. The first kappa shape index (κ1) is 29.8. The van der Waals surface area contributed by atoms with Gasteiger partial charge in [0, 0.05) is 13.2 Å². The summed E-state index contributed by atoms with van der Waals surface area (Å²) in [6.07, 6.45) is 3.08. The molecule has 0 rings (SSSR count). The Labute approximate surface area is 119 Å². The van der Waals surface area contributed by atoms with E-state index in [0.29, 0.717) is 19.8 Å². The van der Waals surface area contributed by atoms with E-state index in [1.54, 1.807) is 6.92 Å². The Morgan fingerprint density at radius 2 is 1.38 bits per heavy atom. The summed E-state index contributed by atoms with van der Waals surface area (Å²) in [5.41, 5.74) is 0. The van der Waals surface area contributed by atoms with Crippen LogP contribution in [-0.4, -0.2) is 36.1 Å². The van der Waals surface area contributed by atoms with E-state index in [9.17, 15) is 0 Å². The fourth-order valence-electron chi connectivity index (χ4n) is 0.0456. The Morgan fingerprint density at radius 3 is 1.38 bits per heavy atom. The molecule has 0 aliphatic heterocycles. The molecule has 0 saturated heterocycles. The summed E-state index contributed by atoms with van der Waals surface area (Å²) in [5, 5.41) is 15.8. The van der Waals surface area contributed by atoms with Crippen LogP contribution in [0.2, 0.25) is 0 Å². The number of nitrogens with zero attached hydrogens (tertiary/aromatic N) is 1. The van der Waals surface area contributed by atoms with Gasteiger partial charge in [0.1, 0.15) is 0 Å². The van der Waals surface area contributed by atoms with Crippen LogP contribution in [0.3, 0.4) is 0 Å². The van der Waals surface area contributed by atoms with E-state index in [1.165, 1.54) is 6.08 Å². The molecule has 16 heavy (non-hydrogen) atoms. The maximum absolute atomic E-state index is 9.07. The van der Waals surface area contributed by atoms with Crippen LogP contribution in [0.5, 0.6) is 0 Å². The SMILES string of the molecule is CCCO.CCCO.[CH2-]C.[CH2-]CN=C=O.[Zr+2]. The van der Waals surface area contributed by atoms with E-state index in [2.05, 4.69) is 18.8 Å². The van der Waals surface area contributed by atoms with Gasteiger partial charge in [-0.1, -0.05) is 20.4 Å². The Hall–Kier alpha value is 0.183. The number of hydrogen-bond acceptors (Lipinski definition) is 4. The van der Waals surface area contributed by atoms with Crippen molar-refractivity contribution in [2.75, 3.05) is 19.8 Å². The van der Waals surface area contributed by atoms with Gasteiger partial charge in [-0.2, -0.15) is 6.92 Å². The summed E-state index contributed by atoms with van der Waals surface area (Å²) in [5.74, 6) is 0. The van der Waals surface area contributed by atoms with E-state index >= 15 is 0 Å². The van der Waals surface area contributed by atoms with Crippen molar-refractivity contribution in [3.8, 4) is 0 Å². The molecule has 0 aliphatic rings. The Morgan fingerprint density at radius 1 is 1.12 bits per heavy atom. The predicted octanol–water partition coefficient (Wildman–Crippen LogP) is 1.77. The molecule has 0 aliphatic carbocycles. The van der Waals surface area contributed by atoms with Crippen molar-refractivity contribution in [2.24, 2.45) is 4.99 Å². The fraction of sp³-hybridized carbons (Fsp3) is 0.727. The van der Waals surface area contributed by atoms with Crippen LogP contribution in [0.15, 0.2) is 4.99 Å². The minimum atomic E-state index is 0. The van der Waals surface area contributed by atoms with Gasteiger partial charge in [-0.3, -0.25) is 0 Å². The summed E-state index contributed by atoms with van der Waals surface area (Å²) in [7, 11) is 0. The molecule has 0 spiro atoms. The molecule has 0 fully saturated rings. The van der Waals surface area contributed by atoms with Crippen LogP contribution in [-0.2, 0) is 31.0 Å². The third-order valence-corrected chi connectivity index (χ3v) is 0.624. The molecule has 0 unspecified atom stereocenters. The van der Waals surface area contributed by atoms with Gasteiger partial charge < -0.3 is 24.1 Å². The van der Waals surface area contributed by atoms with E-state index in [-0.39, 0.29) is 26.2 Å². The van der Waals surface area contributed by atoms with Crippen molar-refractivity contribution in [2.45, 2.75) is 33.6 Å². The first-order valence-corrected chi connectivity index (χ1v) is 5.00. The maximum atomic E-state index is 9.07. The van der Waals surface area contributed by atoms with Gasteiger partial charge in [0.25, 0.3) is 0 Å². The largest absolute Gasteiger partial charge is 2.00 e. The summed E-state index contributed by atoms with van der Waals surface area (Å²) in [6, 6.07) is 0. The van der Waals surface area contributed by atoms with Crippen molar-refractivity contribution in [3.63, 3.8) is 0 Å². The molecule has 0 aromatic carbocycles. The zero-order valence-corrected chi connectivity index (χ0v) is 13.2. The van der Waals surface area contributed by atoms with E-state index in [4.69, 9.17) is 15.0 Å². The smallest absolute Gasteiger partial charge is 0.396 e. The summed E-state index contributed by atoms with van der Waals surface area (Å²) in [6.45, 7) is 13.0. The van der Waals surface area contributed by atoms with Crippen LogP contribution in [0.1, 0.15) is 33.6 Å². The van der Waals surface area contributed by atoms with Crippen LogP contribution in [0.4, 0.5) is 0 Å². The normalized spacial score (nSPS) is 5.94. The number of aliphatic imine (C=N–C) groups is 1. The quantitative estimate of drug-likeness (QED) is 0.474. The van der Waals surface area contributed by atoms with Crippen LogP contribution in [0.25, 0.3) is 0 Å². The zero-order valence-electron chi connectivity index (χ0n) is 10.7. The third-order valence-electron chi connectivity index (χ3n) is 0.624. The molecule has 2 N–H and O–H groups in total. The van der Waals surface area contributed by atoms with E-state index < -0.39 is 0 Å². The second kappa shape index (κ2) is 59.2. The van der Waals surface area contributed by atoms with Crippen molar-refractivity contribution in [1.29, 1.82) is 0 Å². The average molecular weight is 311 g/mol. The molecular formula is C11H25NO3Zr. The van der Waals surface area contributed by atoms with Gasteiger partial charge in [0.2, 0.25) is 6.08 Å². The van der Waals surface area contributed by atoms with E-state index in [1.807, 2.05) is 13.8 Å². The molecule has 0 aromatic rings. The van der Waals surface area contributed by atoms with Gasteiger partial charge in [-0.15, -0.1) is 0 Å². The number of rotatable bonds is 3. The zero-order chi connectivity index (χ0) is 12.9. The molecule has 0 radical (unpaired) electrons. The number of carbonyl (C=O) groups excluding carboxylic acids is 1. The minimum absolute atomic E-state index is 0. The molecule has 5 heteroatoms. The first-order valence-electron chi connectivity index (χ1n) is 5.00. The molecule has 0 bridgehead atoms. The number of aliphatic hydroxyl groups is 2. The standard InChI is InChI=1S/C3H4NO.2C3H8O.C2H5.Zr/c1-2-4-3-5;2*1-2-3-4;1-2;/h1-2H2;2*4H,2-3H2,1H3;1H2,2H3;/q-1;;;-1;+2. The van der Waals surface area contributed by atoms with Gasteiger partial charge >= 0.3 is 26.2 Å². The number of isocyanates is 1. The van der Waals surface area contributed by atoms with Crippen molar-refractivity contribution in [3.05, 3.63) is 13.8 Å². The molecule has 96 valence electrons. The van der Waals surface area contributed by atoms with Crippen LogP contribution >= 0.6 is 0 Å². The Kier molecular flexibility index (Phi) is 110. The molecule has 0 saturated carbocycles. The van der Waals surface area contributed by atoms with Gasteiger partial charge in [0.05, 0.1) is 0 Å². The predicted molar refractivity (Wildman–Crippen MR) is 64.1 cm³/mol. The molecular weight excluding hydrogens is 285 g/mol. The van der Waals surface area contributed by atoms with Gasteiger partial charge in [-0.05, 0) is 12.8 Å². The maximum Gasteiger partial charge on any atom is 2.00 e. The number of hydrogen-bond donors (Lipinski definition) is 2. The molecule has 0 heterocycles. The Balaban J connectivity index is -0.0000000343. The minimum Gasteiger partial charge on any atom is -0.396 e. The molecule has 0 amide bonds. The molecule has 0 atom stereocenters. The van der Waals surface area contributed by atoms with Crippen molar-refractivity contribution in [1.82, 2.24) is 0 Å². The summed E-state index contributed by atoms with van der Waals surface area (Å²) in [4.78, 5) is 12.1. The van der Waals surface area contributed by atoms with Crippen molar-refractivity contribution >= 4 is 6.08 Å². The average Bonchev–Trinajstić information content (AvgIpc) is 2.33. The Bertz CT molecular complexity index is 99.4. The second-order valence-corrected chi connectivity index (χ2v) is 1.92. The van der Waals surface area contributed by atoms with Gasteiger partial charge in [-0.25, -0.2) is 9.79 Å². The summed E-state index contributed by atoms with van der Waals surface area (Å²) < 4.78 is 0. The fourth-order valence-corrected chi connectivity index (χ4v) is 0.0456. The monoisotopic (exact) mass is 309 g/mol. The van der Waals surface area contributed by atoms with Crippen molar-refractivity contribution < 1.29 is 41.2 Å². The second-order valence-electron chi connectivity index (χ2n) is 1.92. The topological polar surface area (TPSA) is 69.9 Å².